The fourth-order valence-corrected chi connectivity index (χ4v) is 5.77. The van der Waals surface area contributed by atoms with Crippen LogP contribution in [-0.4, -0.2) is 40.1 Å². The van der Waals surface area contributed by atoms with E-state index in [2.05, 4.69) is 25.3 Å². The van der Waals surface area contributed by atoms with Crippen LogP contribution in [0.25, 0.3) is 0 Å². The van der Waals surface area contributed by atoms with E-state index in [4.69, 9.17) is 17.3 Å². The Balaban J connectivity index is 2.18. The SMILES string of the molecule is Cc1ccc(F)c([C@H](C)[C@@H](NS(=O)(=O)c2cc(C(C)(C)O)c(Cl)cc2C(N)=O)c2nn[nH]n2)c1C. The molecule has 2 aromatic carbocycles. The van der Waals surface area contributed by atoms with Gasteiger partial charge in [-0.25, -0.2) is 12.8 Å². The second-order valence-electron chi connectivity index (χ2n) is 8.81. The summed E-state index contributed by atoms with van der Waals surface area (Å²) in [6.45, 7) is 7.98. The molecule has 1 aromatic heterocycles. The number of hydrogen-bond acceptors (Lipinski definition) is 7. The lowest BCUT2D eigenvalue weighted by Crippen LogP contribution is -2.35. The van der Waals surface area contributed by atoms with Crippen molar-refractivity contribution in [3.63, 3.8) is 0 Å². The van der Waals surface area contributed by atoms with Crippen LogP contribution in [-0.2, 0) is 15.6 Å². The van der Waals surface area contributed by atoms with E-state index in [9.17, 15) is 22.7 Å². The predicted molar refractivity (Wildman–Crippen MR) is 127 cm³/mol. The quantitative estimate of drug-likeness (QED) is 0.352. The number of carbonyl (C=O) groups is 1. The first-order valence-electron chi connectivity index (χ1n) is 10.5. The number of sulfonamides is 1. The number of hydrogen-bond donors (Lipinski definition) is 4. The number of tetrazole rings is 1. The number of carbonyl (C=O) groups excluding carboxylic acids is 1. The van der Waals surface area contributed by atoms with Gasteiger partial charge in [-0.3, -0.25) is 4.79 Å². The number of primary amides is 1. The Morgan fingerprint density at radius 2 is 1.94 bits per heavy atom. The van der Waals surface area contributed by atoms with Crippen molar-refractivity contribution in [2.45, 2.75) is 57.1 Å². The summed E-state index contributed by atoms with van der Waals surface area (Å²) in [7, 11) is -4.51. The van der Waals surface area contributed by atoms with Gasteiger partial charge in [0.25, 0.3) is 0 Å². The number of aryl methyl sites for hydroxylation is 1. The van der Waals surface area contributed by atoms with E-state index in [1.54, 1.807) is 19.9 Å². The molecule has 10 nitrogen and oxygen atoms in total. The molecule has 0 bridgehead atoms. The zero-order chi connectivity index (χ0) is 26.3. The number of benzene rings is 2. The third-order valence-corrected chi connectivity index (χ3v) is 7.69. The van der Waals surface area contributed by atoms with Gasteiger partial charge in [0.15, 0.2) is 5.82 Å². The monoisotopic (exact) mass is 524 g/mol. The number of nitrogens with two attached hydrogens (primary N) is 1. The maximum atomic E-state index is 14.9. The number of nitrogens with zero attached hydrogens (tertiary/aromatic N) is 3. The van der Waals surface area contributed by atoms with Gasteiger partial charge in [0, 0.05) is 16.5 Å². The molecular weight excluding hydrogens is 499 g/mol. The molecule has 5 N–H and O–H groups in total. The number of rotatable bonds is 8. The second kappa shape index (κ2) is 9.61. The van der Waals surface area contributed by atoms with Gasteiger partial charge in [-0.15, -0.1) is 10.2 Å². The Kier molecular flexibility index (Phi) is 7.32. The highest BCUT2D eigenvalue weighted by Crippen LogP contribution is 2.36. The van der Waals surface area contributed by atoms with E-state index in [0.717, 1.165) is 17.7 Å². The Bertz CT molecular complexity index is 1370. The smallest absolute Gasteiger partial charge is 0.250 e. The zero-order valence-corrected chi connectivity index (χ0v) is 21.3. The van der Waals surface area contributed by atoms with Crippen LogP contribution in [0.3, 0.4) is 0 Å². The first-order chi connectivity index (χ1) is 16.1. The molecule has 0 unspecified atom stereocenters. The van der Waals surface area contributed by atoms with Crippen LogP contribution in [0, 0.1) is 19.7 Å². The first kappa shape index (κ1) is 26.7. The van der Waals surface area contributed by atoms with Crippen LogP contribution in [0.4, 0.5) is 4.39 Å². The minimum absolute atomic E-state index is 0.0363. The molecule has 13 heteroatoms. The first-order valence-corrected chi connectivity index (χ1v) is 12.4. The van der Waals surface area contributed by atoms with Crippen LogP contribution in [0.5, 0.6) is 0 Å². The van der Waals surface area contributed by atoms with Crippen molar-refractivity contribution >= 4 is 27.5 Å². The lowest BCUT2D eigenvalue weighted by Gasteiger charge is -2.26. The average Bonchev–Trinajstić information content (AvgIpc) is 3.28. The summed E-state index contributed by atoms with van der Waals surface area (Å²) in [5.74, 6) is -2.40. The Morgan fingerprint density at radius 1 is 1.29 bits per heavy atom. The average molecular weight is 525 g/mol. The lowest BCUT2D eigenvalue weighted by molar-refractivity contribution is 0.0783. The van der Waals surface area contributed by atoms with Gasteiger partial charge in [-0.1, -0.05) is 29.8 Å². The number of amides is 1. The third-order valence-electron chi connectivity index (χ3n) is 5.89. The van der Waals surface area contributed by atoms with Crippen LogP contribution >= 0.6 is 11.6 Å². The molecule has 0 radical (unpaired) electrons. The molecule has 0 saturated carbocycles. The molecule has 188 valence electrons. The number of aromatic nitrogens is 4. The van der Waals surface area contributed by atoms with Crippen molar-refractivity contribution in [2.75, 3.05) is 0 Å². The Hall–Kier alpha value is -2.93. The maximum absolute atomic E-state index is 14.9. The van der Waals surface area contributed by atoms with Gasteiger partial charge in [0.05, 0.1) is 22.1 Å². The summed E-state index contributed by atoms with van der Waals surface area (Å²) in [6, 6.07) is 3.91. The second-order valence-corrected chi connectivity index (χ2v) is 10.9. The molecule has 2 atom stereocenters. The summed E-state index contributed by atoms with van der Waals surface area (Å²) in [6.07, 6.45) is 0. The summed E-state index contributed by atoms with van der Waals surface area (Å²) in [5.41, 5.74) is 5.30. The highest BCUT2D eigenvalue weighted by molar-refractivity contribution is 7.89. The predicted octanol–water partition coefficient (Wildman–Crippen LogP) is 2.76. The van der Waals surface area contributed by atoms with Crippen molar-refractivity contribution in [1.82, 2.24) is 25.3 Å². The lowest BCUT2D eigenvalue weighted by atomic mass is 9.88. The largest absolute Gasteiger partial charge is 0.386 e. The number of aromatic amines is 1. The van der Waals surface area contributed by atoms with Gasteiger partial charge >= 0.3 is 0 Å². The summed E-state index contributed by atoms with van der Waals surface area (Å²) in [5, 5.41) is 24.0. The minimum Gasteiger partial charge on any atom is -0.386 e. The number of nitrogens with one attached hydrogen (secondary N) is 2. The van der Waals surface area contributed by atoms with Crippen LogP contribution in [0.15, 0.2) is 29.2 Å². The van der Waals surface area contributed by atoms with Gasteiger partial charge in [0.1, 0.15) is 5.82 Å². The van der Waals surface area contributed by atoms with E-state index >= 15 is 0 Å². The van der Waals surface area contributed by atoms with Crippen molar-refractivity contribution in [3.05, 3.63) is 68.7 Å². The third kappa shape index (κ3) is 5.35. The van der Waals surface area contributed by atoms with E-state index < -0.39 is 44.2 Å². The van der Waals surface area contributed by atoms with Crippen LogP contribution in [0.2, 0.25) is 5.02 Å². The number of aliphatic hydroxyl groups is 1. The summed E-state index contributed by atoms with van der Waals surface area (Å²) in [4.78, 5) is 11.6. The van der Waals surface area contributed by atoms with Crippen molar-refractivity contribution in [1.29, 1.82) is 0 Å². The van der Waals surface area contributed by atoms with Crippen LogP contribution in [0.1, 0.15) is 71.2 Å². The van der Waals surface area contributed by atoms with Crippen LogP contribution < -0.4 is 10.5 Å². The molecule has 0 spiro atoms. The summed E-state index contributed by atoms with van der Waals surface area (Å²) < 4.78 is 44.6. The molecule has 3 rings (SSSR count). The van der Waals surface area contributed by atoms with Gasteiger partial charge in [0.2, 0.25) is 15.9 Å². The zero-order valence-electron chi connectivity index (χ0n) is 19.7. The standard InChI is InChI=1S/C22H26ClFN6O4S/c1-10-6-7-16(24)18(11(10)2)12(3)19(21-26-29-30-27-21)28-35(33,34)17-9-14(22(4,5)32)15(23)8-13(17)20(25)31/h6-9,12,19,28,32H,1-5H3,(H2,25,31)(H,26,27,29,30)/t12-,19+/m0/s1. The molecule has 35 heavy (non-hydrogen) atoms. The molecule has 1 heterocycles. The molecular formula is C22H26ClFN6O4S. The fraction of sp³-hybridized carbons (Fsp3) is 0.364. The topological polar surface area (TPSA) is 164 Å². The van der Waals surface area contributed by atoms with Crippen molar-refractivity contribution in [2.24, 2.45) is 5.73 Å². The normalized spacial score (nSPS) is 14.1. The van der Waals surface area contributed by atoms with Gasteiger partial charge < -0.3 is 10.8 Å². The molecule has 0 aliphatic rings. The molecule has 3 aromatic rings. The highest BCUT2D eigenvalue weighted by Gasteiger charge is 2.35. The molecule has 0 aliphatic carbocycles. The number of halogens is 2. The van der Waals surface area contributed by atoms with E-state index in [1.165, 1.54) is 19.9 Å². The Morgan fingerprint density at radius 3 is 2.49 bits per heavy atom. The molecule has 0 saturated heterocycles. The van der Waals surface area contributed by atoms with Crippen molar-refractivity contribution in [3.8, 4) is 0 Å². The van der Waals surface area contributed by atoms with Crippen molar-refractivity contribution < 1.29 is 22.7 Å². The minimum atomic E-state index is -4.51. The number of H-pyrrole nitrogens is 1. The Labute approximate surface area is 207 Å². The highest BCUT2D eigenvalue weighted by atomic mass is 35.5. The van der Waals surface area contributed by atoms with E-state index in [1.807, 2.05) is 6.92 Å². The maximum Gasteiger partial charge on any atom is 0.250 e. The van der Waals surface area contributed by atoms with E-state index in [-0.39, 0.29) is 27.5 Å². The fourth-order valence-electron chi connectivity index (χ4n) is 3.88. The molecule has 0 fully saturated rings. The van der Waals surface area contributed by atoms with Gasteiger partial charge in [-0.2, -0.15) is 9.94 Å². The molecule has 0 aliphatic heterocycles. The molecule has 1 amide bonds. The summed E-state index contributed by atoms with van der Waals surface area (Å²) >= 11 is 6.19. The van der Waals surface area contributed by atoms with Gasteiger partial charge in [-0.05, 0) is 62.6 Å². The van der Waals surface area contributed by atoms with E-state index in [0.29, 0.717) is 5.56 Å².